The molecule has 0 aromatic heterocycles. The van der Waals surface area contributed by atoms with E-state index in [9.17, 15) is 4.79 Å². The minimum absolute atomic E-state index is 0.0138. The number of carbonyl (C=O) groups is 1. The fraction of sp³-hybridized carbons (Fsp3) is 0.571. The second kappa shape index (κ2) is 6.55. The Labute approximate surface area is 129 Å². The SMILES string of the molecule is O=C1C2C=CC=NC2=NC(=S)N1CCCN1CCOCC1. The predicted octanol–water partition coefficient (Wildman–Crippen LogP) is 0.491. The smallest absolute Gasteiger partial charge is 0.243 e. The molecule has 0 radical (unpaired) electrons. The third-order valence-corrected chi connectivity index (χ3v) is 4.12. The molecule has 3 heterocycles. The number of hydrogen-bond donors (Lipinski definition) is 0. The number of thiocarbonyl (C=S) groups is 1. The Bertz CT molecular complexity index is 523. The molecule has 6 nitrogen and oxygen atoms in total. The molecular weight excluding hydrogens is 288 g/mol. The van der Waals surface area contributed by atoms with Gasteiger partial charge < -0.3 is 4.74 Å². The van der Waals surface area contributed by atoms with Gasteiger partial charge in [0.2, 0.25) is 11.0 Å². The van der Waals surface area contributed by atoms with Crippen molar-refractivity contribution in [1.82, 2.24) is 9.80 Å². The van der Waals surface area contributed by atoms with E-state index >= 15 is 0 Å². The van der Waals surface area contributed by atoms with Crippen LogP contribution in [0, 0.1) is 5.92 Å². The van der Waals surface area contributed by atoms with Crippen LogP contribution in [0.3, 0.4) is 0 Å². The molecule has 1 amide bonds. The van der Waals surface area contributed by atoms with E-state index in [4.69, 9.17) is 17.0 Å². The number of dihydropyridines is 1. The summed E-state index contributed by atoms with van der Waals surface area (Å²) < 4.78 is 5.32. The molecule has 0 N–H and O–H groups in total. The van der Waals surface area contributed by atoms with Crippen LogP contribution in [0.5, 0.6) is 0 Å². The van der Waals surface area contributed by atoms with Gasteiger partial charge >= 0.3 is 0 Å². The first kappa shape index (κ1) is 14.5. The van der Waals surface area contributed by atoms with Crippen LogP contribution in [0.25, 0.3) is 0 Å². The number of aliphatic imine (C=N–C) groups is 2. The Morgan fingerprint density at radius 3 is 2.95 bits per heavy atom. The van der Waals surface area contributed by atoms with Crippen molar-refractivity contribution in [3.8, 4) is 0 Å². The third-order valence-electron chi connectivity index (χ3n) is 3.81. The summed E-state index contributed by atoms with van der Waals surface area (Å²) >= 11 is 5.23. The number of rotatable bonds is 4. The maximum atomic E-state index is 12.5. The fourth-order valence-corrected chi connectivity index (χ4v) is 2.92. The van der Waals surface area contributed by atoms with Crippen LogP contribution in [0.1, 0.15) is 6.42 Å². The fourth-order valence-electron chi connectivity index (χ4n) is 2.64. The van der Waals surface area contributed by atoms with Crippen LogP contribution in [0.2, 0.25) is 0 Å². The highest BCUT2D eigenvalue weighted by Crippen LogP contribution is 2.19. The predicted molar refractivity (Wildman–Crippen MR) is 84.7 cm³/mol. The first-order chi connectivity index (χ1) is 10.3. The number of carbonyl (C=O) groups excluding carboxylic acids is 1. The van der Waals surface area contributed by atoms with Gasteiger partial charge in [-0.25, -0.2) is 9.98 Å². The molecule has 0 aromatic carbocycles. The average Bonchev–Trinajstić information content (AvgIpc) is 2.51. The van der Waals surface area contributed by atoms with E-state index in [1.165, 1.54) is 0 Å². The van der Waals surface area contributed by atoms with Gasteiger partial charge in [0.25, 0.3) is 0 Å². The summed E-state index contributed by atoms with van der Waals surface area (Å²) in [5.41, 5.74) is 0. The van der Waals surface area contributed by atoms with Crippen molar-refractivity contribution < 1.29 is 9.53 Å². The number of fused-ring (bicyclic) bond motifs is 1. The number of amidine groups is 1. The molecule has 1 unspecified atom stereocenters. The molecule has 1 saturated heterocycles. The lowest BCUT2D eigenvalue weighted by molar-refractivity contribution is -0.128. The van der Waals surface area contributed by atoms with Gasteiger partial charge in [-0.3, -0.25) is 14.6 Å². The second-order valence-corrected chi connectivity index (χ2v) is 5.56. The molecule has 112 valence electrons. The molecule has 1 fully saturated rings. The van der Waals surface area contributed by atoms with Gasteiger partial charge in [-0.2, -0.15) is 0 Å². The quantitative estimate of drug-likeness (QED) is 0.709. The Balaban J connectivity index is 1.56. The van der Waals surface area contributed by atoms with Gasteiger partial charge in [-0.1, -0.05) is 6.08 Å². The van der Waals surface area contributed by atoms with E-state index in [-0.39, 0.29) is 11.8 Å². The average molecular weight is 306 g/mol. The van der Waals surface area contributed by atoms with Gasteiger partial charge in [0.15, 0.2) is 0 Å². The van der Waals surface area contributed by atoms with Crippen molar-refractivity contribution in [2.45, 2.75) is 6.42 Å². The van der Waals surface area contributed by atoms with E-state index in [1.54, 1.807) is 17.2 Å². The number of morpholine rings is 1. The Morgan fingerprint density at radius 2 is 2.14 bits per heavy atom. The Morgan fingerprint density at radius 1 is 1.33 bits per heavy atom. The second-order valence-electron chi connectivity index (χ2n) is 5.19. The van der Waals surface area contributed by atoms with Gasteiger partial charge in [-0.15, -0.1) is 0 Å². The first-order valence-corrected chi connectivity index (χ1v) is 7.61. The van der Waals surface area contributed by atoms with Crippen LogP contribution in [0.15, 0.2) is 22.1 Å². The summed E-state index contributed by atoms with van der Waals surface area (Å²) in [5.74, 6) is 0.127. The third kappa shape index (κ3) is 3.25. The summed E-state index contributed by atoms with van der Waals surface area (Å²) in [5, 5.41) is 0.334. The van der Waals surface area contributed by atoms with Gasteiger partial charge in [-0.05, 0) is 24.7 Å². The molecule has 3 aliphatic rings. The van der Waals surface area contributed by atoms with Crippen LogP contribution < -0.4 is 0 Å². The monoisotopic (exact) mass is 306 g/mol. The lowest BCUT2D eigenvalue weighted by atomic mass is 10.0. The minimum Gasteiger partial charge on any atom is -0.379 e. The summed E-state index contributed by atoms with van der Waals surface area (Å²) in [6, 6.07) is 0. The topological polar surface area (TPSA) is 57.5 Å². The molecule has 3 aliphatic heterocycles. The lowest BCUT2D eigenvalue weighted by Crippen LogP contribution is -2.47. The summed E-state index contributed by atoms with van der Waals surface area (Å²) in [6.45, 7) is 5.06. The Kier molecular flexibility index (Phi) is 4.52. The maximum absolute atomic E-state index is 12.5. The number of hydrogen-bond acceptors (Lipinski definition) is 5. The Hall–Kier alpha value is -1.44. The number of ether oxygens (including phenoxy) is 1. The standard InChI is InChI=1S/C14H18N4O2S/c19-13-11-3-1-4-15-12(11)16-14(21)18(13)6-2-5-17-7-9-20-10-8-17/h1,3-4,11H,2,5-10H2. The van der Waals surface area contributed by atoms with E-state index in [0.717, 1.165) is 39.3 Å². The summed E-state index contributed by atoms with van der Waals surface area (Å²) in [7, 11) is 0. The largest absolute Gasteiger partial charge is 0.379 e. The van der Waals surface area contributed by atoms with Crippen molar-refractivity contribution >= 4 is 35.3 Å². The van der Waals surface area contributed by atoms with E-state index in [0.29, 0.717) is 17.5 Å². The molecule has 7 heteroatoms. The molecule has 0 spiro atoms. The zero-order chi connectivity index (χ0) is 14.7. The normalized spacial score (nSPS) is 26.0. The molecule has 3 rings (SSSR count). The van der Waals surface area contributed by atoms with Gasteiger partial charge in [0.05, 0.1) is 13.2 Å². The highest BCUT2D eigenvalue weighted by atomic mass is 32.1. The minimum atomic E-state index is -0.370. The highest BCUT2D eigenvalue weighted by molar-refractivity contribution is 7.80. The van der Waals surface area contributed by atoms with Crippen molar-refractivity contribution in [2.75, 3.05) is 39.4 Å². The molecule has 0 saturated carbocycles. The molecule has 0 bridgehead atoms. The summed E-state index contributed by atoms with van der Waals surface area (Å²) in [4.78, 5) is 24.8. The van der Waals surface area contributed by atoms with Crippen LogP contribution in [0.4, 0.5) is 0 Å². The zero-order valence-corrected chi connectivity index (χ0v) is 12.6. The maximum Gasteiger partial charge on any atom is 0.243 e. The number of nitrogens with zero attached hydrogens (tertiary/aromatic N) is 4. The zero-order valence-electron chi connectivity index (χ0n) is 11.8. The van der Waals surface area contributed by atoms with Crippen molar-refractivity contribution in [1.29, 1.82) is 0 Å². The first-order valence-electron chi connectivity index (χ1n) is 7.20. The molecule has 0 aromatic rings. The van der Waals surface area contributed by atoms with Crippen molar-refractivity contribution in [3.63, 3.8) is 0 Å². The molecular formula is C14H18N4O2S. The summed E-state index contributed by atoms with van der Waals surface area (Å²) in [6.07, 6.45) is 6.13. The van der Waals surface area contributed by atoms with Crippen LogP contribution in [-0.2, 0) is 9.53 Å². The lowest BCUT2D eigenvalue weighted by Gasteiger charge is -2.31. The molecule has 0 aliphatic carbocycles. The van der Waals surface area contributed by atoms with Gasteiger partial charge in [0, 0.05) is 32.4 Å². The van der Waals surface area contributed by atoms with E-state index in [2.05, 4.69) is 14.9 Å². The van der Waals surface area contributed by atoms with Crippen molar-refractivity contribution in [3.05, 3.63) is 12.2 Å². The van der Waals surface area contributed by atoms with Gasteiger partial charge in [0.1, 0.15) is 11.8 Å². The number of allylic oxidation sites excluding steroid dienone is 1. The van der Waals surface area contributed by atoms with E-state index < -0.39 is 0 Å². The number of amides is 1. The highest BCUT2D eigenvalue weighted by Gasteiger charge is 2.34. The molecule has 1 atom stereocenters. The van der Waals surface area contributed by atoms with E-state index in [1.807, 2.05) is 6.08 Å². The van der Waals surface area contributed by atoms with Crippen LogP contribution in [-0.4, -0.2) is 72.3 Å². The van der Waals surface area contributed by atoms with Crippen molar-refractivity contribution in [2.24, 2.45) is 15.9 Å². The molecule has 21 heavy (non-hydrogen) atoms. The van der Waals surface area contributed by atoms with Crippen LogP contribution >= 0.6 is 12.2 Å².